The fourth-order valence-corrected chi connectivity index (χ4v) is 3.40. The standard InChI is InChI=1S/C19H20ClNO.ClH/c1-21(13-11-19(20)22)12-10-18-16-8-4-2-6-14(16)15-7-3-5-9-17(15)18;/h2-9,18H,10-13H2,1H3;1H. The van der Waals surface area contributed by atoms with Crippen LogP contribution >= 0.6 is 24.0 Å². The number of halogens is 2. The van der Waals surface area contributed by atoms with Crippen LogP contribution in [0.15, 0.2) is 48.5 Å². The molecule has 23 heavy (non-hydrogen) atoms. The predicted molar refractivity (Wildman–Crippen MR) is 98.6 cm³/mol. The van der Waals surface area contributed by atoms with Gasteiger partial charge in [0, 0.05) is 18.9 Å². The largest absolute Gasteiger partial charge is 0.306 e. The topological polar surface area (TPSA) is 20.3 Å². The zero-order valence-corrected chi connectivity index (χ0v) is 14.7. The Morgan fingerprint density at radius 2 is 1.52 bits per heavy atom. The molecule has 0 aliphatic heterocycles. The van der Waals surface area contributed by atoms with Crippen LogP contribution in [-0.4, -0.2) is 30.3 Å². The molecule has 0 spiro atoms. The minimum atomic E-state index is -0.261. The van der Waals surface area contributed by atoms with Gasteiger partial charge in [-0.25, -0.2) is 0 Å². The van der Waals surface area contributed by atoms with Crippen molar-refractivity contribution in [3.05, 3.63) is 59.7 Å². The maximum absolute atomic E-state index is 10.9. The van der Waals surface area contributed by atoms with Gasteiger partial charge in [-0.15, -0.1) is 12.4 Å². The fraction of sp³-hybridized carbons (Fsp3) is 0.316. The van der Waals surface area contributed by atoms with E-state index in [1.807, 2.05) is 7.05 Å². The molecule has 0 heterocycles. The second kappa shape index (κ2) is 7.96. The first-order valence-electron chi connectivity index (χ1n) is 7.72. The summed E-state index contributed by atoms with van der Waals surface area (Å²) < 4.78 is 0. The first kappa shape index (κ1) is 18.0. The molecule has 0 radical (unpaired) electrons. The van der Waals surface area contributed by atoms with Crippen LogP contribution in [0.5, 0.6) is 0 Å². The monoisotopic (exact) mass is 349 g/mol. The SMILES string of the molecule is CN(CCC(=O)Cl)CCC1c2ccccc2-c2ccccc21.Cl. The molecule has 4 heteroatoms. The minimum Gasteiger partial charge on any atom is -0.306 e. The Bertz CT molecular complexity index is 641. The number of nitrogens with zero attached hydrogens (tertiary/aromatic N) is 1. The minimum absolute atomic E-state index is 0. The van der Waals surface area contributed by atoms with Crippen molar-refractivity contribution in [2.75, 3.05) is 20.1 Å². The molecule has 2 aromatic carbocycles. The van der Waals surface area contributed by atoms with Crippen molar-refractivity contribution in [2.45, 2.75) is 18.8 Å². The van der Waals surface area contributed by atoms with E-state index in [9.17, 15) is 4.79 Å². The highest BCUT2D eigenvalue weighted by atomic mass is 35.5. The molecule has 0 aromatic heterocycles. The van der Waals surface area contributed by atoms with Crippen LogP contribution in [0.25, 0.3) is 11.1 Å². The maximum atomic E-state index is 10.9. The van der Waals surface area contributed by atoms with Crippen molar-refractivity contribution >= 4 is 29.3 Å². The summed E-state index contributed by atoms with van der Waals surface area (Å²) in [4.78, 5) is 13.1. The van der Waals surface area contributed by atoms with Gasteiger partial charge >= 0.3 is 0 Å². The van der Waals surface area contributed by atoms with Crippen LogP contribution in [-0.2, 0) is 4.79 Å². The zero-order chi connectivity index (χ0) is 15.5. The van der Waals surface area contributed by atoms with Crippen molar-refractivity contribution in [1.82, 2.24) is 4.90 Å². The third kappa shape index (κ3) is 3.95. The van der Waals surface area contributed by atoms with E-state index in [0.29, 0.717) is 12.3 Å². The predicted octanol–water partition coefficient (Wildman–Crippen LogP) is 4.70. The molecule has 1 aliphatic carbocycles. The van der Waals surface area contributed by atoms with Gasteiger partial charge in [0.05, 0.1) is 0 Å². The lowest BCUT2D eigenvalue weighted by Gasteiger charge is -2.19. The van der Waals surface area contributed by atoms with Crippen LogP contribution in [0.1, 0.15) is 29.9 Å². The molecule has 2 nitrogen and oxygen atoms in total. The molecule has 3 rings (SSSR count). The van der Waals surface area contributed by atoms with Gasteiger partial charge < -0.3 is 4.90 Å². The van der Waals surface area contributed by atoms with Crippen LogP contribution in [0.3, 0.4) is 0 Å². The van der Waals surface area contributed by atoms with Gasteiger partial charge in [-0.3, -0.25) is 4.79 Å². The second-order valence-corrected chi connectivity index (χ2v) is 6.35. The summed E-state index contributed by atoms with van der Waals surface area (Å²) in [5.41, 5.74) is 5.57. The highest BCUT2D eigenvalue weighted by Crippen LogP contribution is 2.45. The van der Waals surface area contributed by atoms with Gasteiger partial charge in [-0.05, 0) is 53.9 Å². The third-order valence-corrected chi connectivity index (χ3v) is 4.64. The summed E-state index contributed by atoms with van der Waals surface area (Å²) in [6.45, 7) is 1.68. The number of carbonyl (C=O) groups excluding carboxylic acids is 1. The van der Waals surface area contributed by atoms with E-state index in [4.69, 9.17) is 11.6 Å². The van der Waals surface area contributed by atoms with Crippen molar-refractivity contribution < 1.29 is 4.79 Å². The van der Waals surface area contributed by atoms with E-state index in [2.05, 4.69) is 53.4 Å². The Balaban J connectivity index is 0.00000192. The van der Waals surface area contributed by atoms with Crippen molar-refractivity contribution in [3.63, 3.8) is 0 Å². The number of carbonyl (C=O) groups is 1. The summed E-state index contributed by atoms with van der Waals surface area (Å²) in [6.07, 6.45) is 1.47. The summed E-state index contributed by atoms with van der Waals surface area (Å²) in [5, 5.41) is -0.261. The fourth-order valence-electron chi connectivity index (χ4n) is 3.31. The second-order valence-electron chi connectivity index (χ2n) is 5.92. The Kier molecular flexibility index (Phi) is 6.23. The van der Waals surface area contributed by atoms with Crippen molar-refractivity contribution in [3.8, 4) is 11.1 Å². The first-order valence-corrected chi connectivity index (χ1v) is 8.09. The van der Waals surface area contributed by atoms with Crippen LogP contribution < -0.4 is 0 Å². The summed E-state index contributed by atoms with van der Waals surface area (Å²) in [5.74, 6) is 0.446. The van der Waals surface area contributed by atoms with Crippen molar-refractivity contribution in [1.29, 1.82) is 0 Å². The Morgan fingerprint density at radius 3 is 2.04 bits per heavy atom. The Morgan fingerprint density at radius 1 is 1.00 bits per heavy atom. The van der Waals surface area contributed by atoms with Crippen LogP contribution in [0, 0.1) is 0 Å². The molecule has 0 atom stereocenters. The van der Waals surface area contributed by atoms with Gasteiger partial charge in [-0.2, -0.15) is 0 Å². The van der Waals surface area contributed by atoms with Gasteiger partial charge in [0.15, 0.2) is 0 Å². The average molecular weight is 350 g/mol. The first-order chi connectivity index (χ1) is 10.7. The Hall–Kier alpha value is -1.35. The van der Waals surface area contributed by atoms with Gasteiger partial charge in [0.25, 0.3) is 0 Å². The number of hydrogen-bond donors (Lipinski definition) is 0. The number of hydrogen-bond acceptors (Lipinski definition) is 2. The molecular weight excluding hydrogens is 329 g/mol. The lowest BCUT2D eigenvalue weighted by atomic mass is 9.93. The normalized spacial score (nSPS) is 12.7. The van der Waals surface area contributed by atoms with E-state index in [0.717, 1.165) is 19.5 Å². The van der Waals surface area contributed by atoms with E-state index < -0.39 is 0 Å². The lowest BCUT2D eigenvalue weighted by molar-refractivity contribution is -0.111. The molecule has 0 amide bonds. The number of rotatable bonds is 6. The molecule has 0 unspecified atom stereocenters. The van der Waals surface area contributed by atoms with E-state index in [-0.39, 0.29) is 17.6 Å². The molecular formula is C19H21Cl2NO. The quantitative estimate of drug-likeness (QED) is 0.704. The lowest BCUT2D eigenvalue weighted by Crippen LogP contribution is -2.23. The summed E-state index contributed by atoms with van der Waals surface area (Å²) in [6, 6.07) is 17.4. The van der Waals surface area contributed by atoms with Crippen molar-refractivity contribution in [2.24, 2.45) is 0 Å². The molecule has 122 valence electrons. The molecule has 0 saturated heterocycles. The average Bonchev–Trinajstić information content (AvgIpc) is 2.85. The van der Waals surface area contributed by atoms with Crippen LogP contribution in [0.4, 0.5) is 0 Å². The molecule has 0 bridgehead atoms. The van der Waals surface area contributed by atoms with Gasteiger partial charge in [0.1, 0.15) is 0 Å². The van der Waals surface area contributed by atoms with E-state index in [1.54, 1.807) is 0 Å². The molecule has 0 fully saturated rings. The summed E-state index contributed by atoms with van der Waals surface area (Å²) in [7, 11) is 2.05. The molecule has 1 aliphatic rings. The summed E-state index contributed by atoms with van der Waals surface area (Å²) >= 11 is 5.42. The third-order valence-electron chi connectivity index (χ3n) is 4.45. The van der Waals surface area contributed by atoms with Crippen LogP contribution in [0.2, 0.25) is 0 Å². The molecule has 0 saturated carbocycles. The highest BCUT2D eigenvalue weighted by Gasteiger charge is 2.27. The maximum Gasteiger partial charge on any atom is 0.222 e. The zero-order valence-electron chi connectivity index (χ0n) is 13.2. The molecule has 2 aromatic rings. The Labute approximate surface area is 148 Å². The van der Waals surface area contributed by atoms with Gasteiger partial charge in [-0.1, -0.05) is 48.5 Å². The smallest absolute Gasteiger partial charge is 0.222 e. The van der Waals surface area contributed by atoms with E-state index in [1.165, 1.54) is 22.3 Å². The van der Waals surface area contributed by atoms with Gasteiger partial charge in [0.2, 0.25) is 5.24 Å². The number of fused-ring (bicyclic) bond motifs is 3. The number of benzene rings is 2. The van der Waals surface area contributed by atoms with E-state index >= 15 is 0 Å². The molecule has 0 N–H and O–H groups in total. The highest BCUT2D eigenvalue weighted by molar-refractivity contribution is 6.63.